The lowest BCUT2D eigenvalue weighted by Crippen LogP contribution is -2.54. The first-order valence-corrected chi connectivity index (χ1v) is 16.0. The van der Waals surface area contributed by atoms with Gasteiger partial charge in [-0.05, 0) is 55.0 Å². The third-order valence-electron chi connectivity index (χ3n) is 7.23. The molecule has 0 aliphatic heterocycles. The van der Waals surface area contributed by atoms with Crippen molar-refractivity contribution in [3.63, 3.8) is 0 Å². The molecule has 220 valence electrons. The van der Waals surface area contributed by atoms with Crippen LogP contribution in [0.3, 0.4) is 0 Å². The van der Waals surface area contributed by atoms with Gasteiger partial charge in [0.05, 0.1) is 11.9 Å². The fourth-order valence-electron chi connectivity index (χ4n) is 4.64. The molecule has 1 N–H and O–H groups in total. The molecule has 8 heteroatoms. The van der Waals surface area contributed by atoms with E-state index >= 15 is 0 Å². The van der Waals surface area contributed by atoms with E-state index in [0.717, 1.165) is 39.2 Å². The minimum absolute atomic E-state index is 0.0799. The topological polar surface area (TPSA) is 86.8 Å². The number of nitrogens with one attached hydrogen (secondary N) is 1. The van der Waals surface area contributed by atoms with Crippen molar-refractivity contribution in [2.24, 2.45) is 0 Å². The summed E-state index contributed by atoms with van der Waals surface area (Å²) < 4.78 is 27.1. The maximum absolute atomic E-state index is 14.2. The van der Waals surface area contributed by atoms with Crippen LogP contribution in [0.4, 0.5) is 5.69 Å². The van der Waals surface area contributed by atoms with Gasteiger partial charge in [-0.2, -0.15) is 0 Å². The summed E-state index contributed by atoms with van der Waals surface area (Å²) in [5.74, 6) is -0.438. The van der Waals surface area contributed by atoms with E-state index in [0.29, 0.717) is 12.1 Å². The van der Waals surface area contributed by atoms with Gasteiger partial charge >= 0.3 is 0 Å². The maximum atomic E-state index is 14.2. The minimum atomic E-state index is -3.80. The molecule has 3 aromatic rings. The van der Waals surface area contributed by atoms with Crippen molar-refractivity contribution >= 4 is 27.5 Å². The Balaban J connectivity index is 2.05. The van der Waals surface area contributed by atoms with Crippen LogP contribution >= 0.6 is 0 Å². The molecule has 0 aliphatic rings. The Hall–Kier alpha value is -3.65. The molecule has 0 radical (unpaired) electrons. The molecule has 2 amide bonds. The first-order valence-electron chi connectivity index (χ1n) is 14.2. The second kappa shape index (κ2) is 14.3. The summed E-state index contributed by atoms with van der Waals surface area (Å²) in [5, 5.41) is 3.05. The van der Waals surface area contributed by atoms with E-state index in [4.69, 9.17) is 0 Å². The average Bonchev–Trinajstić information content (AvgIpc) is 2.93. The first kappa shape index (κ1) is 31.9. The Kier molecular flexibility index (Phi) is 11.1. The standard InChI is InChI=1S/C33H43N3O4S/c1-7-26(5)34-33(38)31(21-27-13-9-8-10-14-27)35(22-28-15-11-12-25(4)20-28)32(37)23-36(41(6,39)40)30-18-16-29(17-19-30)24(2)3/h8-20,24,26,31H,7,21-23H2,1-6H3,(H,34,38)/t26-,31-/m0/s1. The second-order valence-electron chi connectivity index (χ2n) is 11.0. The van der Waals surface area contributed by atoms with Gasteiger partial charge in [-0.25, -0.2) is 8.42 Å². The van der Waals surface area contributed by atoms with Crippen molar-refractivity contribution in [1.29, 1.82) is 0 Å². The summed E-state index contributed by atoms with van der Waals surface area (Å²) in [6, 6.07) is 23.6. The second-order valence-corrected chi connectivity index (χ2v) is 13.0. The van der Waals surface area contributed by atoms with Crippen LogP contribution in [0.25, 0.3) is 0 Å². The fraction of sp³-hybridized carbons (Fsp3) is 0.394. The molecule has 3 aromatic carbocycles. The highest BCUT2D eigenvalue weighted by atomic mass is 32.2. The molecule has 0 fully saturated rings. The Morgan fingerprint density at radius 1 is 0.878 bits per heavy atom. The zero-order valence-electron chi connectivity index (χ0n) is 25.0. The SMILES string of the molecule is CC[C@H](C)NC(=O)[C@H](Cc1ccccc1)N(Cc1cccc(C)c1)C(=O)CN(c1ccc(C(C)C)cc1)S(C)(=O)=O. The van der Waals surface area contributed by atoms with Crippen molar-refractivity contribution in [2.75, 3.05) is 17.1 Å². The summed E-state index contributed by atoms with van der Waals surface area (Å²) in [4.78, 5) is 29.4. The summed E-state index contributed by atoms with van der Waals surface area (Å²) in [6.45, 7) is 9.75. The van der Waals surface area contributed by atoms with Crippen LogP contribution < -0.4 is 9.62 Å². The fourth-order valence-corrected chi connectivity index (χ4v) is 5.49. The van der Waals surface area contributed by atoms with Gasteiger partial charge < -0.3 is 10.2 Å². The van der Waals surface area contributed by atoms with Gasteiger partial charge in [0.25, 0.3) is 0 Å². The van der Waals surface area contributed by atoms with E-state index < -0.39 is 28.5 Å². The van der Waals surface area contributed by atoms with E-state index in [9.17, 15) is 18.0 Å². The van der Waals surface area contributed by atoms with Crippen LogP contribution in [0.5, 0.6) is 0 Å². The number of sulfonamides is 1. The Bertz CT molecular complexity index is 1410. The van der Waals surface area contributed by atoms with Gasteiger partial charge in [0.1, 0.15) is 12.6 Å². The highest BCUT2D eigenvalue weighted by Gasteiger charge is 2.33. The van der Waals surface area contributed by atoms with Gasteiger partial charge in [-0.15, -0.1) is 0 Å². The van der Waals surface area contributed by atoms with E-state index in [1.807, 2.05) is 87.5 Å². The molecular weight excluding hydrogens is 534 g/mol. The zero-order valence-corrected chi connectivity index (χ0v) is 25.8. The lowest BCUT2D eigenvalue weighted by Gasteiger charge is -2.34. The third kappa shape index (κ3) is 9.18. The van der Waals surface area contributed by atoms with Crippen LogP contribution in [0, 0.1) is 6.92 Å². The number of carbonyl (C=O) groups excluding carboxylic acids is 2. The largest absolute Gasteiger partial charge is 0.352 e. The van der Waals surface area contributed by atoms with Crippen molar-refractivity contribution < 1.29 is 18.0 Å². The van der Waals surface area contributed by atoms with Gasteiger partial charge in [0, 0.05) is 19.0 Å². The zero-order chi connectivity index (χ0) is 30.2. The first-order chi connectivity index (χ1) is 19.4. The maximum Gasteiger partial charge on any atom is 0.244 e. The Morgan fingerprint density at radius 2 is 1.51 bits per heavy atom. The van der Waals surface area contributed by atoms with Crippen LogP contribution in [0.15, 0.2) is 78.9 Å². The molecule has 0 saturated heterocycles. The molecule has 0 aromatic heterocycles. The van der Waals surface area contributed by atoms with Crippen LogP contribution in [0.2, 0.25) is 0 Å². The molecule has 0 saturated carbocycles. The molecule has 0 bridgehead atoms. The van der Waals surface area contributed by atoms with Crippen LogP contribution in [0.1, 0.15) is 62.3 Å². The molecule has 7 nitrogen and oxygen atoms in total. The molecule has 0 heterocycles. The number of anilines is 1. The smallest absolute Gasteiger partial charge is 0.244 e. The summed E-state index contributed by atoms with van der Waals surface area (Å²) in [6.07, 6.45) is 2.13. The van der Waals surface area contributed by atoms with Gasteiger partial charge in [-0.3, -0.25) is 13.9 Å². The Morgan fingerprint density at radius 3 is 2.07 bits per heavy atom. The van der Waals surface area contributed by atoms with E-state index in [-0.39, 0.29) is 24.4 Å². The predicted molar refractivity (Wildman–Crippen MR) is 166 cm³/mol. The van der Waals surface area contributed by atoms with Crippen molar-refractivity contribution in [2.45, 2.75) is 72.0 Å². The van der Waals surface area contributed by atoms with Crippen LogP contribution in [-0.4, -0.2) is 50.0 Å². The monoisotopic (exact) mass is 577 g/mol. The van der Waals surface area contributed by atoms with Gasteiger partial charge in [0.2, 0.25) is 21.8 Å². The molecule has 0 unspecified atom stereocenters. The predicted octanol–water partition coefficient (Wildman–Crippen LogP) is 5.44. The molecular formula is C33H43N3O4S. The summed E-state index contributed by atoms with van der Waals surface area (Å²) in [5.41, 5.74) is 4.27. The average molecular weight is 578 g/mol. The molecule has 0 spiro atoms. The number of hydrogen-bond donors (Lipinski definition) is 1. The van der Waals surface area contributed by atoms with Crippen LogP contribution in [-0.2, 0) is 32.6 Å². The number of amides is 2. The highest BCUT2D eigenvalue weighted by Crippen LogP contribution is 2.23. The van der Waals surface area contributed by atoms with Gasteiger partial charge in [0.15, 0.2) is 0 Å². The van der Waals surface area contributed by atoms with Gasteiger partial charge in [-0.1, -0.05) is 93.1 Å². The van der Waals surface area contributed by atoms with E-state index in [1.165, 1.54) is 4.90 Å². The molecule has 41 heavy (non-hydrogen) atoms. The summed E-state index contributed by atoms with van der Waals surface area (Å²) in [7, 11) is -3.80. The van der Waals surface area contributed by atoms with Crippen molar-refractivity contribution in [3.8, 4) is 0 Å². The number of aryl methyl sites for hydroxylation is 1. The molecule has 0 aliphatic carbocycles. The van der Waals surface area contributed by atoms with Crippen molar-refractivity contribution in [1.82, 2.24) is 10.2 Å². The quantitative estimate of drug-likeness (QED) is 0.293. The number of nitrogens with zero attached hydrogens (tertiary/aromatic N) is 2. The molecule has 2 atom stereocenters. The lowest BCUT2D eigenvalue weighted by molar-refractivity contribution is -0.140. The Labute approximate surface area is 245 Å². The summed E-state index contributed by atoms with van der Waals surface area (Å²) >= 11 is 0. The number of carbonyl (C=O) groups is 2. The third-order valence-corrected chi connectivity index (χ3v) is 8.38. The number of rotatable bonds is 13. The van der Waals surface area contributed by atoms with E-state index in [2.05, 4.69) is 19.2 Å². The highest BCUT2D eigenvalue weighted by molar-refractivity contribution is 7.92. The normalized spacial score (nSPS) is 13.0. The van der Waals surface area contributed by atoms with E-state index in [1.54, 1.807) is 12.1 Å². The number of hydrogen-bond acceptors (Lipinski definition) is 4. The molecule has 3 rings (SSSR count). The lowest BCUT2D eigenvalue weighted by atomic mass is 10.0. The van der Waals surface area contributed by atoms with Crippen molar-refractivity contribution in [3.05, 3.63) is 101 Å². The number of benzene rings is 3. The minimum Gasteiger partial charge on any atom is -0.352 e.